The first-order chi connectivity index (χ1) is 13.8. The van der Waals surface area contributed by atoms with Crippen LogP contribution in [0, 0.1) is 0 Å². The summed E-state index contributed by atoms with van der Waals surface area (Å²) in [4.78, 5) is 22.8. The van der Waals surface area contributed by atoms with Crippen molar-refractivity contribution in [2.45, 2.75) is 52.4 Å². The van der Waals surface area contributed by atoms with E-state index in [2.05, 4.69) is 5.32 Å². The third-order valence-corrected chi connectivity index (χ3v) is 4.70. The smallest absolute Gasteiger partial charge is 0.329 e. The van der Waals surface area contributed by atoms with Crippen LogP contribution in [0.15, 0.2) is 36.4 Å². The van der Waals surface area contributed by atoms with E-state index in [1.807, 2.05) is 71.9 Å². The van der Waals surface area contributed by atoms with Gasteiger partial charge in [0.05, 0.1) is 0 Å². The summed E-state index contributed by atoms with van der Waals surface area (Å²) >= 11 is 0. The normalized spacial score (nSPS) is 11.9. The first-order valence-electron chi connectivity index (χ1n) is 9.87. The zero-order chi connectivity index (χ0) is 22.7. The zero-order valence-electron chi connectivity index (χ0n) is 18.5. The van der Waals surface area contributed by atoms with E-state index in [-0.39, 0.29) is 17.4 Å². The number of aromatic hydroxyl groups is 1. The van der Waals surface area contributed by atoms with Crippen LogP contribution in [0.25, 0.3) is 11.1 Å². The van der Waals surface area contributed by atoms with Crippen molar-refractivity contribution in [3.05, 3.63) is 47.5 Å². The minimum absolute atomic E-state index is 0.275. The predicted molar refractivity (Wildman–Crippen MR) is 118 cm³/mol. The van der Waals surface area contributed by atoms with E-state index in [1.165, 1.54) is 0 Å². The minimum atomic E-state index is -1.13. The summed E-state index contributed by atoms with van der Waals surface area (Å²) in [5.74, 6) is -1.27. The van der Waals surface area contributed by atoms with Gasteiger partial charge in [0.2, 0.25) is 5.91 Å². The number of anilines is 1. The number of benzene rings is 2. The first-order valence-corrected chi connectivity index (χ1v) is 9.87. The number of carboxylic acid groups (broad SMARTS) is 1. The molecule has 6 heteroatoms. The number of carbonyl (C=O) groups is 2. The van der Waals surface area contributed by atoms with E-state index in [1.54, 1.807) is 6.07 Å². The molecule has 0 aliphatic rings. The Hall–Kier alpha value is -2.86. The lowest BCUT2D eigenvalue weighted by Gasteiger charge is -2.28. The molecule has 0 heterocycles. The van der Waals surface area contributed by atoms with Gasteiger partial charge >= 0.3 is 5.97 Å². The number of para-hydroxylation sites is 1. The number of carboxylic acids is 1. The lowest BCUT2D eigenvalue weighted by Crippen LogP contribution is -2.21. The summed E-state index contributed by atoms with van der Waals surface area (Å²) in [6, 6.07) is 11.3. The minimum Gasteiger partial charge on any atom is -0.507 e. The molecule has 0 aliphatic carbocycles. The highest BCUT2D eigenvalue weighted by atomic mass is 16.5. The summed E-state index contributed by atoms with van der Waals surface area (Å²) in [5.41, 5.74) is 3.38. The van der Waals surface area contributed by atoms with Gasteiger partial charge in [-0.15, -0.1) is 0 Å². The molecule has 1 amide bonds. The molecule has 162 valence electrons. The van der Waals surface area contributed by atoms with Crippen LogP contribution in [0.1, 0.15) is 52.7 Å². The summed E-state index contributed by atoms with van der Waals surface area (Å²) in [6.07, 6.45) is 0. The topological polar surface area (TPSA) is 95.9 Å². The molecule has 0 radical (unpaired) electrons. The highest BCUT2D eigenvalue weighted by Crippen LogP contribution is 2.43. The molecule has 2 aromatic rings. The maximum atomic E-state index is 12.2. The maximum absolute atomic E-state index is 12.2. The number of hydrogen-bond donors (Lipinski definition) is 3. The van der Waals surface area contributed by atoms with Crippen molar-refractivity contribution in [2.24, 2.45) is 0 Å². The van der Waals surface area contributed by atoms with Crippen molar-refractivity contribution in [3.63, 3.8) is 0 Å². The monoisotopic (exact) mass is 413 g/mol. The summed E-state index contributed by atoms with van der Waals surface area (Å²) in [6.45, 7) is 11.4. The second-order valence-electron chi connectivity index (χ2n) is 9.40. The fourth-order valence-corrected chi connectivity index (χ4v) is 3.19. The molecule has 0 fully saturated rings. The standard InChI is InChI=1S/C24H31NO5/c1-23(2,3)17-11-15(12-18(22(17)29)24(4,5)6)16-9-7-8-10-19(16)25-20(26)13-30-14-21(27)28/h7-12,29H,13-14H2,1-6H3,(H,25,26)(H,27,28). The molecule has 0 aromatic heterocycles. The van der Waals surface area contributed by atoms with E-state index >= 15 is 0 Å². The lowest BCUT2D eigenvalue weighted by molar-refractivity contribution is -0.143. The van der Waals surface area contributed by atoms with Gasteiger partial charge in [0.25, 0.3) is 0 Å². The number of amides is 1. The summed E-state index contributed by atoms with van der Waals surface area (Å²) < 4.78 is 4.87. The van der Waals surface area contributed by atoms with E-state index in [0.29, 0.717) is 11.4 Å². The molecule has 0 bridgehead atoms. The number of carbonyl (C=O) groups excluding carboxylic acids is 1. The Labute approximate surface area is 177 Å². The zero-order valence-corrected chi connectivity index (χ0v) is 18.5. The molecule has 2 aromatic carbocycles. The first kappa shape index (κ1) is 23.4. The van der Waals surface area contributed by atoms with Crippen LogP contribution in [-0.4, -0.2) is 35.3 Å². The third-order valence-electron chi connectivity index (χ3n) is 4.70. The summed E-state index contributed by atoms with van der Waals surface area (Å²) in [7, 11) is 0. The molecule has 0 aliphatic heterocycles. The van der Waals surface area contributed by atoms with Gasteiger partial charge in [-0.25, -0.2) is 4.79 Å². The molecule has 30 heavy (non-hydrogen) atoms. The molecule has 0 unspecified atom stereocenters. The Morgan fingerprint density at radius 1 is 0.933 bits per heavy atom. The lowest BCUT2D eigenvalue weighted by atomic mass is 9.77. The van der Waals surface area contributed by atoms with E-state index in [9.17, 15) is 14.7 Å². The Morgan fingerprint density at radius 3 is 1.97 bits per heavy atom. The molecule has 2 rings (SSSR count). The quantitative estimate of drug-likeness (QED) is 0.638. The Bertz CT molecular complexity index is 900. The largest absolute Gasteiger partial charge is 0.507 e. The second-order valence-corrected chi connectivity index (χ2v) is 9.40. The average molecular weight is 414 g/mol. The number of phenolic OH excluding ortho intramolecular Hbond substituents is 1. The highest BCUT2D eigenvalue weighted by Gasteiger charge is 2.27. The fourth-order valence-electron chi connectivity index (χ4n) is 3.19. The van der Waals surface area contributed by atoms with Gasteiger partial charge in [-0.3, -0.25) is 4.79 Å². The van der Waals surface area contributed by atoms with Gasteiger partial charge < -0.3 is 20.3 Å². The van der Waals surface area contributed by atoms with Crippen molar-refractivity contribution >= 4 is 17.6 Å². The van der Waals surface area contributed by atoms with Gasteiger partial charge in [0, 0.05) is 22.4 Å². The SMILES string of the molecule is CC(C)(C)c1cc(-c2ccccc2NC(=O)COCC(=O)O)cc(C(C)(C)C)c1O. The van der Waals surface area contributed by atoms with E-state index < -0.39 is 18.5 Å². The van der Waals surface area contributed by atoms with Crippen molar-refractivity contribution < 1.29 is 24.5 Å². The Kier molecular flexibility index (Phi) is 6.93. The Balaban J connectivity index is 2.49. The fraction of sp³-hybridized carbons (Fsp3) is 0.417. The van der Waals surface area contributed by atoms with Crippen LogP contribution in [0.4, 0.5) is 5.69 Å². The number of aliphatic carboxylic acids is 1. The molecular weight excluding hydrogens is 382 g/mol. The predicted octanol–water partition coefficient (Wildman–Crippen LogP) is 4.69. The van der Waals surface area contributed by atoms with Crippen molar-refractivity contribution in [1.82, 2.24) is 0 Å². The molecule has 3 N–H and O–H groups in total. The van der Waals surface area contributed by atoms with Gasteiger partial charge in [-0.05, 0) is 34.6 Å². The van der Waals surface area contributed by atoms with Gasteiger partial charge in [0.15, 0.2) is 0 Å². The van der Waals surface area contributed by atoms with E-state index in [4.69, 9.17) is 9.84 Å². The van der Waals surface area contributed by atoms with Gasteiger partial charge in [-0.1, -0.05) is 59.7 Å². The Morgan fingerprint density at radius 2 is 1.47 bits per heavy atom. The van der Waals surface area contributed by atoms with Crippen LogP contribution in [0.5, 0.6) is 5.75 Å². The molecule has 0 spiro atoms. The van der Waals surface area contributed by atoms with Crippen molar-refractivity contribution in [3.8, 4) is 16.9 Å². The molecule has 0 saturated heterocycles. The molecular formula is C24H31NO5. The highest BCUT2D eigenvalue weighted by molar-refractivity contribution is 5.96. The van der Waals surface area contributed by atoms with Crippen LogP contribution in [0.2, 0.25) is 0 Å². The number of phenols is 1. The number of nitrogens with one attached hydrogen (secondary N) is 1. The third kappa shape index (κ3) is 5.83. The number of rotatable bonds is 6. The molecule has 0 atom stereocenters. The van der Waals surface area contributed by atoms with Crippen LogP contribution >= 0.6 is 0 Å². The van der Waals surface area contributed by atoms with E-state index in [0.717, 1.165) is 22.3 Å². The molecule has 0 saturated carbocycles. The maximum Gasteiger partial charge on any atom is 0.329 e. The van der Waals surface area contributed by atoms with Crippen LogP contribution in [-0.2, 0) is 25.2 Å². The second kappa shape index (κ2) is 8.88. The van der Waals surface area contributed by atoms with Gasteiger partial charge in [0.1, 0.15) is 19.0 Å². The van der Waals surface area contributed by atoms with Gasteiger partial charge in [-0.2, -0.15) is 0 Å². The average Bonchev–Trinajstić information content (AvgIpc) is 2.60. The van der Waals surface area contributed by atoms with Crippen LogP contribution in [0.3, 0.4) is 0 Å². The van der Waals surface area contributed by atoms with Crippen LogP contribution < -0.4 is 5.32 Å². The number of hydrogen-bond acceptors (Lipinski definition) is 4. The summed E-state index contributed by atoms with van der Waals surface area (Å²) in [5, 5.41) is 22.4. The van der Waals surface area contributed by atoms with Crippen molar-refractivity contribution in [2.75, 3.05) is 18.5 Å². The van der Waals surface area contributed by atoms with Crippen molar-refractivity contribution in [1.29, 1.82) is 0 Å². The number of ether oxygens (including phenoxy) is 1. The molecule has 6 nitrogen and oxygen atoms in total.